The van der Waals surface area contributed by atoms with E-state index in [0.717, 1.165) is 32.8 Å². The molecule has 0 aromatic carbocycles. The van der Waals surface area contributed by atoms with Gasteiger partial charge in [-0.2, -0.15) is 0 Å². The van der Waals surface area contributed by atoms with Crippen LogP contribution in [0.25, 0.3) is 0 Å². The molecule has 0 amide bonds. The second kappa shape index (κ2) is 6.68. The molecule has 0 aliphatic carbocycles. The van der Waals surface area contributed by atoms with Crippen molar-refractivity contribution in [3.05, 3.63) is 0 Å². The fraction of sp³-hybridized carbons (Fsp3) is 1.00. The summed E-state index contributed by atoms with van der Waals surface area (Å²) in [6.07, 6.45) is 2.26. The second-order valence-electron chi connectivity index (χ2n) is 5.04. The summed E-state index contributed by atoms with van der Waals surface area (Å²) >= 11 is 0. The summed E-state index contributed by atoms with van der Waals surface area (Å²) < 4.78 is 27.7. The van der Waals surface area contributed by atoms with Gasteiger partial charge in [-0.05, 0) is 27.1 Å². The van der Waals surface area contributed by atoms with Crippen LogP contribution in [0.3, 0.4) is 0 Å². The minimum Gasteiger partial charge on any atom is -0.374 e. The summed E-state index contributed by atoms with van der Waals surface area (Å²) in [4.78, 5) is 4.41. The third kappa shape index (κ3) is 6.98. The molecule has 0 spiro atoms. The molecule has 0 unspecified atom stereocenters. The van der Waals surface area contributed by atoms with Crippen LogP contribution in [0.1, 0.15) is 6.42 Å². The van der Waals surface area contributed by atoms with Gasteiger partial charge in [-0.1, -0.05) is 0 Å². The van der Waals surface area contributed by atoms with Crippen LogP contribution in [0.5, 0.6) is 0 Å². The molecule has 5 nitrogen and oxygen atoms in total. The highest BCUT2D eigenvalue weighted by Crippen LogP contribution is 2.07. The molecule has 1 heterocycles. The van der Waals surface area contributed by atoms with Crippen molar-refractivity contribution >= 4 is 9.84 Å². The lowest BCUT2D eigenvalue weighted by Crippen LogP contribution is -2.46. The maximum Gasteiger partial charge on any atom is 0.147 e. The molecule has 1 atom stereocenters. The molecule has 1 aliphatic heterocycles. The highest BCUT2D eigenvalue weighted by Gasteiger charge is 2.20. The fourth-order valence-electron chi connectivity index (χ4n) is 2.05. The first-order valence-corrected chi connectivity index (χ1v) is 8.09. The van der Waals surface area contributed by atoms with E-state index in [1.807, 2.05) is 14.1 Å². The SMILES string of the molecule is CN(C)C[C@H]1CN(CCCS(C)(=O)=O)CCO1. The van der Waals surface area contributed by atoms with Crippen molar-refractivity contribution in [3.8, 4) is 0 Å². The van der Waals surface area contributed by atoms with Crippen LogP contribution in [0.4, 0.5) is 0 Å². The van der Waals surface area contributed by atoms with E-state index in [0.29, 0.717) is 6.42 Å². The highest BCUT2D eigenvalue weighted by atomic mass is 32.2. The zero-order valence-electron chi connectivity index (χ0n) is 11.1. The monoisotopic (exact) mass is 264 g/mol. The van der Waals surface area contributed by atoms with Gasteiger partial charge in [0.25, 0.3) is 0 Å². The first kappa shape index (κ1) is 14.9. The Kier molecular flexibility index (Phi) is 5.85. The molecule has 0 aromatic heterocycles. The van der Waals surface area contributed by atoms with E-state index in [-0.39, 0.29) is 11.9 Å². The van der Waals surface area contributed by atoms with Gasteiger partial charge in [0.2, 0.25) is 0 Å². The standard InChI is InChI=1S/C11H24N2O3S/c1-12(2)9-11-10-13(6-7-16-11)5-4-8-17(3,14)15/h11H,4-10H2,1-3H3/t11-/m0/s1. The maximum absolute atomic E-state index is 11.0. The van der Waals surface area contributed by atoms with E-state index in [9.17, 15) is 8.42 Å². The molecule has 0 saturated carbocycles. The van der Waals surface area contributed by atoms with Crippen LogP contribution >= 0.6 is 0 Å². The fourth-order valence-corrected chi connectivity index (χ4v) is 2.71. The summed E-state index contributed by atoms with van der Waals surface area (Å²) in [7, 11) is 1.24. The first-order chi connectivity index (χ1) is 7.87. The summed E-state index contributed by atoms with van der Waals surface area (Å²) in [5.74, 6) is 0.280. The predicted octanol–water partition coefficient (Wildman–Crippen LogP) is -0.316. The molecule has 0 bridgehead atoms. The Morgan fingerprint density at radius 3 is 2.71 bits per heavy atom. The molecule has 1 fully saturated rings. The minimum atomic E-state index is -2.82. The van der Waals surface area contributed by atoms with Crippen molar-refractivity contribution in [1.29, 1.82) is 0 Å². The highest BCUT2D eigenvalue weighted by molar-refractivity contribution is 7.90. The van der Waals surface area contributed by atoms with Gasteiger partial charge in [0.1, 0.15) is 9.84 Å². The Morgan fingerprint density at radius 2 is 2.12 bits per heavy atom. The van der Waals surface area contributed by atoms with Gasteiger partial charge < -0.3 is 9.64 Å². The van der Waals surface area contributed by atoms with Gasteiger partial charge in [0.15, 0.2) is 0 Å². The van der Waals surface area contributed by atoms with Crippen LogP contribution < -0.4 is 0 Å². The zero-order chi connectivity index (χ0) is 12.9. The number of likely N-dealkylation sites (N-methyl/N-ethyl adjacent to an activating group) is 1. The van der Waals surface area contributed by atoms with Gasteiger partial charge in [-0.3, -0.25) is 4.90 Å². The lowest BCUT2D eigenvalue weighted by Gasteiger charge is -2.34. The molecule has 0 aromatic rings. The first-order valence-electron chi connectivity index (χ1n) is 6.03. The predicted molar refractivity (Wildman–Crippen MR) is 69.1 cm³/mol. The topological polar surface area (TPSA) is 49.9 Å². The normalized spacial score (nSPS) is 23.2. The number of sulfone groups is 1. The molecular formula is C11H24N2O3S. The Bertz CT molecular complexity index is 317. The van der Waals surface area contributed by atoms with Crippen LogP contribution in [0.2, 0.25) is 0 Å². The van der Waals surface area contributed by atoms with Crippen LogP contribution in [0, 0.1) is 0 Å². The van der Waals surface area contributed by atoms with Crippen LogP contribution in [0.15, 0.2) is 0 Å². The van der Waals surface area contributed by atoms with Gasteiger partial charge in [0, 0.05) is 25.9 Å². The van der Waals surface area contributed by atoms with Crippen molar-refractivity contribution in [2.45, 2.75) is 12.5 Å². The molecule has 17 heavy (non-hydrogen) atoms. The molecule has 1 aliphatic rings. The van der Waals surface area contributed by atoms with E-state index in [4.69, 9.17) is 4.74 Å². The average Bonchev–Trinajstić information content (AvgIpc) is 2.15. The molecule has 1 rings (SSSR count). The van der Waals surface area contributed by atoms with E-state index in [1.54, 1.807) is 0 Å². The summed E-state index contributed by atoms with van der Waals surface area (Å²) in [5, 5.41) is 0. The maximum atomic E-state index is 11.0. The van der Waals surface area contributed by atoms with Crippen LogP contribution in [-0.2, 0) is 14.6 Å². The Labute approximate surface area is 105 Å². The summed E-state index contributed by atoms with van der Waals surface area (Å²) in [5.41, 5.74) is 0. The zero-order valence-corrected chi connectivity index (χ0v) is 11.9. The third-order valence-corrected chi connectivity index (χ3v) is 3.81. The van der Waals surface area contributed by atoms with Crippen molar-refractivity contribution in [3.63, 3.8) is 0 Å². The lowest BCUT2D eigenvalue weighted by atomic mass is 10.2. The average molecular weight is 264 g/mol. The number of ether oxygens (including phenoxy) is 1. The Balaban J connectivity index is 2.25. The summed E-state index contributed by atoms with van der Waals surface area (Å²) in [6.45, 7) is 4.33. The second-order valence-corrected chi connectivity index (χ2v) is 7.30. The van der Waals surface area contributed by atoms with E-state index < -0.39 is 9.84 Å². The molecule has 0 N–H and O–H groups in total. The van der Waals surface area contributed by atoms with Crippen molar-refractivity contribution in [2.75, 3.05) is 58.9 Å². The lowest BCUT2D eigenvalue weighted by molar-refractivity contribution is -0.0378. The summed E-state index contributed by atoms with van der Waals surface area (Å²) in [6, 6.07) is 0. The van der Waals surface area contributed by atoms with E-state index in [1.165, 1.54) is 6.26 Å². The number of hydrogen-bond donors (Lipinski definition) is 0. The molecule has 102 valence electrons. The molecule has 1 saturated heterocycles. The Hall–Kier alpha value is -0.170. The number of rotatable bonds is 6. The molecular weight excluding hydrogens is 240 g/mol. The van der Waals surface area contributed by atoms with Crippen LogP contribution in [-0.4, -0.2) is 83.2 Å². The van der Waals surface area contributed by atoms with Gasteiger partial charge in [0.05, 0.1) is 18.5 Å². The van der Waals surface area contributed by atoms with Crippen molar-refractivity contribution in [1.82, 2.24) is 9.80 Å². The van der Waals surface area contributed by atoms with Crippen molar-refractivity contribution in [2.24, 2.45) is 0 Å². The molecule has 6 heteroatoms. The third-order valence-electron chi connectivity index (χ3n) is 2.78. The van der Waals surface area contributed by atoms with Gasteiger partial charge in [-0.15, -0.1) is 0 Å². The smallest absolute Gasteiger partial charge is 0.147 e. The minimum absolute atomic E-state index is 0.247. The quantitative estimate of drug-likeness (QED) is 0.658. The number of morpholine rings is 1. The molecule has 0 radical (unpaired) electrons. The Morgan fingerprint density at radius 1 is 1.41 bits per heavy atom. The van der Waals surface area contributed by atoms with Gasteiger partial charge >= 0.3 is 0 Å². The number of hydrogen-bond acceptors (Lipinski definition) is 5. The van der Waals surface area contributed by atoms with E-state index >= 15 is 0 Å². The largest absolute Gasteiger partial charge is 0.374 e. The van der Waals surface area contributed by atoms with E-state index in [2.05, 4.69) is 9.80 Å². The van der Waals surface area contributed by atoms with Gasteiger partial charge in [-0.25, -0.2) is 8.42 Å². The number of nitrogens with zero attached hydrogens (tertiary/aromatic N) is 2. The van der Waals surface area contributed by atoms with Crippen molar-refractivity contribution < 1.29 is 13.2 Å².